The van der Waals surface area contributed by atoms with Crippen molar-refractivity contribution in [2.24, 2.45) is 5.41 Å². The number of carbonyl (C=O) groups is 2. The molecule has 0 unspecified atom stereocenters. The van der Waals surface area contributed by atoms with Gasteiger partial charge in [-0.15, -0.1) is 0 Å². The number of carbonyl (C=O) groups excluding carboxylic acids is 1. The Morgan fingerprint density at radius 2 is 1.66 bits per heavy atom. The maximum atomic E-state index is 12.9. The topological polar surface area (TPSA) is 60.9 Å². The van der Waals surface area contributed by atoms with Gasteiger partial charge in [0.25, 0.3) is 0 Å². The molecule has 3 rings (SSSR count). The van der Waals surface area contributed by atoms with Crippen molar-refractivity contribution in [3.05, 3.63) is 69.7 Å². The molecule has 0 saturated carbocycles. The van der Waals surface area contributed by atoms with Crippen LogP contribution in [0.2, 0.25) is 10.0 Å². The van der Waals surface area contributed by atoms with Gasteiger partial charge in [-0.25, -0.2) is 9.69 Å². The van der Waals surface area contributed by atoms with E-state index in [1.54, 1.807) is 18.2 Å². The van der Waals surface area contributed by atoms with Gasteiger partial charge in [0.15, 0.2) is 0 Å². The van der Waals surface area contributed by atoms with E-state index in [4.69, 9.17) is 23.2 Å². The molecule has 7 heteroatoms. The summed E-state index contributed by atoms with van der Waals surface area (Å²) < 4.78 is 0. The van der Waals surface area contributed by atoms with Gasteiger partial charge in [-0.1, -0.05) is 80.4 Å². The van der Waals surface area contributed by atoms with Crippen molar-refractivity contribution in [2.45, 2.75) is 32.9 Å². The number of halogens is 2. The van der Waals surface area contributed by atoms with E-state index in [0.29, 0.717) is 28.6 Å². The predicted molar refractivity (Wildman–Crippen MR) is 114 cm³/mol. The molecule has 0 bridgehead atoms. The molecule has 154 valence electrons. The number of hydrogen-bond acceptors (Lipinski definition) is 3. The van der Waals surface area contributed by atoms with E-state index in [0.717, 1.165) is 10.5 Å². The third-order valence-corrected chi connectivity index (χ3v) is 6.05. The standard InChI is InChI=1S/C22H24Cl2N2O3/c1-21(2,3)22(19-16(23)10-7-11-17(19)24)25(14-18(27)26(22)20(28)29)13-12-15-8-5-4-6-9-15/h4-11H,12-14H2,1-3H3,(H,28,29)/t22-/m0/s1. The molecule has 0 radical (unpaired) electrons. The Kier molecular flexibility index (Phi) is 5.95. The molecule has 1 fully saturated rings. The Balaban J connectivity index is 2.20. The minimum Gasteiger partial charge on any atom is -0.465 e. The zero-order valence-corrected chi connectivity index (χ0v) is 18.2. The van der Waals surface area contributed by atoms with E-state index < -0.39 is 23.1 Å². The van der Waals surface area contributed by atoms with Gasteiger partial charge in [-0.2, -0.15) is 0 Å². The first-order chi connectivity index (χ1) is 13.6. The van der Waals surface area contributed by atoms with Gasteiger partial charge in [0, 0.05) is 27.6 Å². The highest BCUT2D eigenvalue weighted by Gasteiger charge is 2.62. The molecule has 1 N–H and O–H groups in total. The van der Waals surface area contributed by atoms with Gasteiger partial charge < -0.3 is 5.11 Å². The quantitative estimate of drug-likeness (QED) is 0.712. The number of carboxylic acid groups (broad SMARTS) is 1. The maximum absolute atomic E-state index is 12.9. The molecule has 1 saturated heterocycles. The molecule has 0 spiro atoms. The highest BCUT2D eigenvalue weighted by Crippen LogP contribution is 2.54. The van der Waals surface area contributed by atoms with E-state index >= 15 is 0 Å². The third-order valence-electron chi connectivity index (χ3n) is 5.42. The summed E-state index contributed by atoms with van der Waals surface area (Å²) in [7, 11) is 0. The first-order valence-electron chi connectivity index (χ1n) is 9.40. The summed E-state index contributed by atoms with van der Waals surface area (Å²) in [5.74, 6) is -0.489. The molecule has 0 aliphatic carbocycles. The Bertz CT molecular complexity index is 907. The normalized spacial score (nSPS) is 20.3. The fourth-order valence-electron chi connectivity index (χ4n) is 4.35. The van der Waals surface area contributed by atoms with Crippen LogP contribution in [0, 0.1) is 5.41 Å². The third kappa shape index (κ3) is 3.63. The minimum absolute atomic E-state index is 0.0298. The summed E-state index contributed by atoms with van der Waals surface area (Å²) in [5, 5.41) is 10.7. The second kappa shape index (κ2) is 7.98. The van der Waals surface area contributed by atoms with Crippen molar-refractivity contribution < 1.29 is 14.7 Å². The first-order valence-corrected chi connectivity index (χ1v) is 10.2. The molecule has 0 aromatic heterocycles. The number of benzene rings is 2. The van der Waals surface area contributed by atoms with Gasteiger partial charge in [-0.3, -0.25) is 9.69 Å². The summed E-state index contributed by atoms with van der Waals surface area (Å²) in [6.07, 6.45) is -0.662. The van der Waals surface area contributed by atoms with Crippen molar-refractivity contribution in [3.63, 3.8) is 0 Å². The van der Waals surface area contributed by atoms with Crippen LogP contribution in [0.1, 0.15) is 31.9 Å². The van der Waals surface area contributed by atoms with E-state index in [1.807, 2.05) is 56.0 Å². The molecule has 1 aliphatic heterocycles. The van der Waals surface area contributed by atoms with Crippen LogP contribution in [0.4, 0.5) is 4.79 Å². The summed E-state index contributed by atoms with van der Waals surface area (Å²) in [6.45, 7) is 6.14. The SMILES string of the molecule is CC(C)(C)[C@@]1(c2c(Cl)cccc2Cl)N(CCc2ccccc2)CC(=O)N1C(=O)O. The second-order valence-electron chi connectivity index (χ2n) is 8.19. The Morgan fingerprint density at radius 1 is 1.07 bits per heavy atom. The fraction of sp³-hybridized carbons (Fsp3) is 0.364. The molecule has 2 aromatic carbocycles. The van der Waals surface area contributed by atoms with Crippen LogP contribution in [0.25, 0.3) is 0 Å². The van der Waals surface area contributed by atoms with Crippen molar-refractivity contribution in [2.75, 3.05) is 13.1 Å². The zero-order chi connectivity index (χ0) is 21.4. The fourth-order valence-corrected chi connectivity index (χ4v) is 5.01. The second-order valence-corrected chi connectivity index (χ2v) is 9.00. The number of hydrogen-bond donors (Lipinski definition) is 1. The van der Waals surface area contributed by atoms with Gasteiger partial charge in [0.2, 0.25) is 5.91 Å². The smallest absolute Gasteiger partial charge is 0.415 e. The van der Waals surface area contributed by atoms with Gasteiger partial charge in [-0.05, 0) is 24.1 Å². The van der Waals surface area contributed by atoms with Crippen LogP contribution in [0.15, 0.2) is 48.5 Å². The van der Waals surface area contributed by atoms with Crippen LogP contribution < -0.4 is 0 Å². The molecule has 2 aromatic rings. The van der Waals surface area contributed by atoms with E-state index in [-0.39, 0.29) is 6.54 Å². The van der Waals surface area contributed by atoms with E-state index in [9.17, 15) is 14.7 Å². The highest BCUT2D eigenvalue weighted by molar-refractivity contribution is 6.36. The zero-order valence-electron chi connectivity index (χ0n) is 16.7. The molecule has 1 atom stereocenters. The molecule has 29 heavy (non-hydrogen) atoms. The average molecular weight is 435 g/mol. The highest BCUT2D eigenvalue weighted by atomic mass is 35.5. The number of amides is 2. The number of imide groups is 1. The summed E-state index contributed by atoms with van der Waals surface area (Å²) in [6, 6.07) is 14.9. The maximum Gasteiger partial charge on any atom is 0.415 e. The van der Waals surface area contributed by atoms with Crippen LogP contribution >= 0.6 is 23.2 Å². The van der Waals surface area contributed by atoms with Crippen LogP contribution in [0.3, 0.4) is 0 Å². The van der Waals surface area contributed by atoms with Crippen molar-refractivity contribution >= 4 is 35.2 Å². The lowest BCUT2D eigenvalue weighted by atomic mass is 9.74. The van der Waals surface area contributed by atoms with Crippen LogP contribution in [-0.2, 0) is 16.9 Å². The Morgan fingerprint density at radius 3 is 2.17 bits per heavy atom. The average Bonchev–Trinajstić information content (AvgIpc) is 2.94. The molecule has 5 nitrogen and oxygen atoms in total. The lowest BCUT2D eigenvalue weighted by Crippen LogP contribution is -2.61. The summed E-state index contributed by atoms with van der Waals surface area (Å²) in [5.41, 5.74) is -0.498. The molecular formula is C22H24Cl2N2O3. The molecule has 2 amide bonds. The number of rotatable bonds is 4. The first kappa shape index (κ1) is 21.6. The summed E-state index contributed by atoms with van der Waals surface area (Å²) in [4.78, 5) is 28.0. The molecular weight excluding hydrogens is 411 g/mol. The van der Waals surface area contributed by atoms with Crippen LogP contribution in [0.5, 0.6) is 0 Å². The van der Waals surface area contributed by atoms with Crippen LogP contribution in [-0.4, -0.2) is 40.0 Å². The lowest BCUT2D eigenvalue weighted by molar-refractivity contribution is -0.134. The monoisotopic (exact) mass is 434 g/mol. The largest absolute Gasteiger partial charge is 0.465 e. The number of nitrogens with zero attached hydrogens (tertiary/aromatic N) is 2. The molecule has 1 heterocycles. The summed E-state index contributed by atoms with van der Waals surface area (Å²) >= 11 is 13.1. The van der Waals surface area contributed by atoms with Crippen molar-refractivity contribution in [3.8, 4) is 0 Å². The predicted octanol–water partition coefficient (Wildman–Crippen LogP) is 5.26. The minimum atomic E-state index is -1.33. The van der Waals surface area contributed by atoms with E-state index in [2.05, 4.69) is 0 Å². The van der Waals surface area contributed by atoms with Gasteiger partial charge in [0.1, 0.15) is 5.66 Å². The Labute approximate surface area is 180 Å². The van der Waals surface area contributed by atoms with Gasteiger partial charge >= 0.3 is 6.09 Å². The van der Waals surface area contributed by atoms with Crippen molar-refractivity contribution in [1.82, 2.24) is 9.80 Å². The van der Waals surface area contributed by atoms with Crippen molar-refractivity contribution in [1.29, 1.82) is 0 Å². The Hall–Kier alpha value is -2.08. The molecule has 1 aliphatic rings. The lowest BCUT2D eigenvalue weighted by Gasteiger charge is -2.51. The van der Waals surface area contributed by atoms with Gasteiger partial charge in [0.05, 0.1) is 6.54 Å². The van der Waals surface area contributed by atoms with E-state index in [1.165, 1.54) is 0 Å².